The average molecular weight is 278 g/mol. The first-order valence-corrected chi connectivity index (χ1v) is 7.32. The normalized spacial score (nSPS) is 13.0. The molecule has 18 heavy (non-hydrogen) atoms. The van der Waals surface area contributed by atoms with E-state index in [1.54, 1.807) is 40.9 Å². The number of rotatable bonds is 3. The maximum atomic E-state index is 13.5. The fraction of sp³-hybridized carbons (Fsp3) is 0.143. The van der Waals surface area contributed by atoms with Crippen molar-refractivity contribution in [2.75, 3.05) is 0 Å². The number of benzene rings is 1. The van der Waals surface area contributed by atoms with Crippen molar-refractivity contribution in [3.05, 3.63) is 58.0 Å². The highest BCUT2D eigenvalue weighted by atomic mass is 32.1. The molecule has 0 fully saturated rings. The molecule has 0 spiro atoms. The van der Waals surface area contributed by atoms with E-state index in [4.69, 9.17) is 0 Å². The van der Waals surface area contributed by atoms with Gasteiger partial charge in [0.2, 0.25) is 0 Å². The van der Waals surface area contributed by atoms with Gasteiger partial charge in [-0.15, -0.1) is 22.7 Å². The maximum absolute atomic E-state index is 13.5. The van der Waals surface area contributed by atoms with Gasteiger partial charge in [-0.25, -0.2) is 4.39 Å². The first-order chi connectivity index (χ1) is 8.74. The Bertz CT molecular complexity index is 643. The van der Waals surface area contributed by atoms with Crippen LogP contribution in [0, 0.1) is 5.82 Å². The van der Waals surface area contributed by atoms with Crippen LogP contribution in [0.25, 0.3) is 9.40 Å². The molecule has 0 saturated carbocycles. The predicted molar refractivity (Wildman–Crippen MR) is 74.8 cm³/mol. The molecule has 1 nitrogen and oxygen atoms in total. The highest BCUT2D eigenvalue weighted by Gasteiger charge is 2.14. The third-order valence-electron chi connectivity index (χ3n) is 2.86. The molecule has 1 atom stereocenters. The average Bonchev–Trinajstić information content (AvgIpc) is 2.92. The second kappa shape index (κ2) is 4.80. The standard InChI is InChI=1S/C14H11FOS2/c15-10-4-2-1-3-9(10)7-11(16)13-8-14-12(18-13)5-6-17-14/h1-6,8,11,16H,7H2. The van der Waals surface area contributed by atoms with Gasteiger partial charge in [0.1, 0.15) is 5.82 Å². The van der Waals surface area contributed by atoms with Crippen LogP contribution < -0.4 is 0 Å². The highest BCUT2D eigenvalue weighted by Crippen LogP contribution is 2.34. The minimum absolute atomic E-state index is 0.255. The quantitative estimate of drug-likeness (QED) is 0.754. The lowest BCUT2D eigenvalue weighted by atomic mass is 10.1. The van der Waals surface area contributed by atoms with Gasteiger partial charge in [-0.05, 0) is 29.1 Å². The van der Waals surface area contributed by atoms with Crippen molar-refractivity contribution >= 4 is 32.1 Å². The van der Waals surface area contributed by atoms with Gasteiger partial charge in [0.05, 0.1) is 6.10 Å². The van der Waals surface area contributed by atoms with Crippen LogP contribution in [-0.4, -0.2) is 5.11 Å². The Balaban J connectivity index is 1.85. The minimum atomic E-state index is -0.633. The Morgan fingerprint density at radius 1 is 1.17 bits per heavy atom. The van der Waals surface area contributed by atoms with Crippen molar-refractivity contribution in [1.82, 2.24) is 0 Å². The van der Waals surface area contributed by atoms with Crippen molar-refractivity contribution in [2.24, 2.45) is 0 Å². The summed E-state index contributed by atoms with van der Waals surface area (Å²) in [6.07, 6.45) is -0.313. The van der Waals surface area contributed by atoms with Crippen LogP contribution in [0.2, 0.25) is 0 Å². The van der Waals surface area contributed by atoms with E-state index in [0.29, 0.717) is 12.0 Å². The lowest BCUT2D eigenvalue weighted by Gasteiger charge is -2.08. The summed E-state index contributed by atoms with van der Waals surface area (Å²) in [5.74, 6) is -0.255. The minimum Gasteiger partial charge on any atom is -0.387 e. The van der Waals surface area contributed by atoms with E-state index in [1.807, 2.05) is 17.5 Å². The summed E-state index contributed by atoms with van der Waals surface area (Å²) < 4.78 is 15.9. The summed E-state index contributed by atoms with van der Waals surface area (Å²) in [7, 11) is 0. The Hall–Kier alpha value is -1.23. The molecule has 1 aromatic carbocycles. The van der Waals surface area contributed by atoms with Crippen molar-refractivity contribution < 1.29 is 9.50 Å². The molecule has 0 saturated heterocycles. The van der Waals surface area contributed by atoms with Gasteiger partial charge in [0, 0.05) is 20.7 Å². The fourth-order valence-electron chi connectivity index (χ4n) is 1.92. The first kappa shape index (κ1) is 11.8. The molecule has 1 N–H and O–H groups in total. The molecule has 92 valence electrons. The molecule has 1 unspecified atom stereocenters. The highest BCUT2D eigenvalue weighted by molar-refractivity contribution is 7.26. The molecule has 0 aliphatic carbocycles. The third-order valence-corrected chi connectivity index (χ3v) is 5.05. The lowest BCUT2D eigenvalue weighted by molar-refractivity contribution is 0.181. The van der Waals surface area contributed by atoms with Gasteiger partial charge in [0.15, 0.2) is 0 Å². The topological polar surface area (TPSA) is 20.2 Å². The van der Waals surface area contributed by atoms with Gasteiger partial charge in [-0.2, -0.15) is 0 Å². The number of fused-ring (bicyclic) bond motifs is 1. The number of hydrogen-bond donors (Lipinski definition) is 1. The monoisotopic (exact) mass is 278 g/mol. The van der Waals surface area contributed by atoms with E-state index >= 15 is 0 Å². The zero-order valence-electron chi connectivity index (χ0n) is 9.47. The van der Waals surface area contributed by atoms with Gasteiger partial charge in [-0.1, -0.05) is 18.2 Å². The molecule has 3 rings (SSSR count). The van der Waals surface area contributed by atoms with Crippen molar-refractivity contribution in [3.63, 3.8) is 0 Å². The molecule has 4 heteroatoms. The second-order valence-corrected chi connectivity index (χ2v) is 6.17. The Morgan fingerprint density at radius 3 is 2.78 bits per heavy atom. The fourth-order valence-corrected chi connectivity index (χ4v) is 4.03. The number of hydrogen-bond acceptors (Lipinski definition) is 3. The van der Waals surface area contributed by atoms with Crippen LogP contribution in [0.5, 0.6) is 0 Å². The largest absolute Gasteiger partial charge is 0.387 e. The summed E-state index contributed by atoms with van der Waals surface area (Å²) >= 11 is 3.24. The van der Waals surface area contributed by atoms with Crippen LogP contribution in [0.15, 0.2) is 41.8 Å². The zero-order valence-corrected chi connectivity index (χ0v) is 11.1. The van der Waals surface area contributed by atoms with Crippen LogP contribution in [-0.2, 0) is 6.42 Å². The van der Waals surface area contributed by atoms with Gasteiger partial charge < -0.3 is 5.11 Å². The van der Waals surface area contributed by atoms with Crippen LogP contribution >= 0.6 is 22.7 Å². The van der Waals surface area contributed by atoms with Crippen LogP contribution in [0.4, 0.5) is 4.39 Å². The van der Waals surface area contributed by atoms with E-state index in [2.05, 4.69) is 0 Å². The van der Waals surface area contributed by atoms with Crippen LogP contribution in [0.3, 0.4) is 0 Å². The van der Waals surface area contributed by atoms with E-state index in [9.17, 15) is 9.50 Å². The maximum Gasteiger partial charge on any atom is 0.126 e. The number of aliphatic hydroxyl groups excluding tert-OH is 1. The molecule has 0 radical (unpaired) electrons. The van der Waals surface area contributed by atoms with Crippen LogP contribution in [0.1, 0.15) is 16.5 Å². The Labute approximate surface area is 112 Å². The Kier molecular flexibility index (Phi) is 3.16. The van der Waals surface area contributed by atoms with E-state index in [1.165, 1.54) is 15.5 Å². The molecule has 0 amide bonds. The number of aliphatic hydroxyl groups is 1. The van der Waals surface area contributed by atoms with Gasteiger partial charge in [-0.3, -0.25) is 0 Å². The predicted octanol–water partition coefficient (Wildman–Crippen LogP) is 4.38. The summed E-state index contributed by atoms with van der Waals surface area (Å²) in [5.41, 5.74) is 0.557. The molecule has 0 aliphatic rings. The van der Waals surface area contributed by atoms with Crippen molar-refractivity contribution in [2.45, 2.75) is 12.5 Å². The Morgan fingerprint density at radius 2 is 2.00 bits per heavy atom. The summed E-state index contributed by atoms with van der Waals surface area (Å²) in [5, 5.41) is 12.2. The molecule has 2 aromatic heterocycles. The van der Waals surface area contributed by atoms with Crippen molar-refractivity contribution in [1.29, 1.82) is 0 Å². The van der Waals surface area contributed by atoms with E-state index in [-0.39, 0.29) is 5.82 Å². The number of halogens is 1. The third kappa shape index (κ3) is 2.19. The van der Waals surface area contributed by atoms with E-state index in [0.717, 1.165) is 4.88 Å². The molecular formula is C14H11FOS2. The SMILES string of the molecule is OC(Cc1ccccc1F)c1cc2sccc2s1. The molecule has 2 heterocycles. The van der Waals surface area contributed by atoms with Gasteiger partial charge >= 0.3 is 0 Å². The summed E-state index contributed by atoms with van der Waals surface area (Å²) in [6, 6.07) is 10.6. The molecule has 3 aromatic rings. The molecule has 0 bridgehead atoms. The number of thiophene rings is 2. The molecule has 0 aliphatic heterocycles. The lowest BCUT2D eigenvalue weighted by Crippen LogP contribution is -2.01. The molecular weight excluding hydrogens is 267 g/mol. The summed E-state index contributed by atoms with van der Waals surface area (Å²) in [4.78, 5) is 0.903. The van der Waals surface area contributed by atoms with Gasteiger partial charge in [0.25, 0.3) is 0 Å². The van der Waals surface area contributed by atoms with Crippen molar-refractivity contribution in [3.8, 4) is 0 Å². The first-order valence-electron chi connectivity index (χ1n) is 5.62. The zero-order chi connectivity index (χ0) is 12.5. The smallest absolute Gasteiger partial charge is 0.126 e. The second-order valence-electron chi connectivity index (χ2n) is 4.11. The summed E-state index contributed by atoms with van der Waals surface area (Å²) in [6.45, 7) is 0. The van der Waals surface area contributed by atoms with E-state index < -0.39 is 6.10 Å².